The molecule has 5 heteroatoms. The van der Waals surface area contributed by atoms with Gasteiger partial charge in [0, 0.05) is 35.4 Å². The summed E-state index contributed by atoms with van der Waals surface area (Å²) < 4.78 is 0. The summed E-state index contributed by atoms with van der Waals surface area (Å²) in [5, 5.41) is 2.81. The van der Waals surface area contributed by atoms with Gasteiger partial charge in [0.25, 0.3) is 5.91 Å². The first-order valence-electron chi connectivity index (χ1n) is 5.97. The summed E-state index contributed by atoms with van der Waals surface area (Å²) in [6.07, 6.45) is 3.64. The van der Waals surface area contributed by atoms with Crippen molar-refractivity contribution < 1.29 is 4.79 Å². The van der Waals surface area contributed by atoms with Gasteiger partial charge in [-0.2, -0.15) is 0 Å². The summed E-state index contributed by atoms with van der Waals surface area (Å²) in [7, 11) is 0. The highest BCUT2D eigenvalue weighted by Gasteiger charge is 2.24. The Labute approximate surface area is 110 Å². The van der Waals surface area contributed by atoms with Crippen molar-refractivity contribution >= 4 is 28.9 Å². The van der Waals surface area contributed by atoms with E-state index in [9.17, 15) is 4.79 Å². The van der Waals surface area contributed by atoms with Crippen LogP contribution in [0.3, 0.4) is 0 Å². The molecular formula is C14H14N4O. The largest absolute Gasteiger partial charge is 0.399 e. The van der Waals surface area contributed by atoms with Crippen LogP contribution >= 0.6 is 0 Å². The van der Waals surface area contributed by atoms with Crippen molar-refractivity contribution in [3.8, 4) is 0 Å². The highest BCUT2D eigenvalue weighted by atomic mass is 16.2. The molecule has 2 aromatic rings. The fourth-order valence-corrected chi connectivity index (χ4v) is 2.16. The Morgan fingerprint density at radius 2 is 2.11 bits per heavy atom. The van der Waals surface area contributed by atoms with Crippen molar-refractivity contribution in [2.45, 2.75) is 6.54 Å². The molecule has 1 aromatic heterocycles. The maximum Gasteiger partial charge on any atom is 0.256 e. The molecule has 0 bridgehead atoms. The lowest BCUT2D eigenvalue weighted by molar-refractivity contribution is -0.110. The van der Waals surface area contributed by atoms with Gasteiger partial charge in [-0.3, -0.25) is 4.79 Å². The molecule has 0 spiro atoms. The smallest absolute Gasteiger partial charge is 0.256 e. The number of aromatic amines is 1. The number of hydrogen-bond acceptors (Lipinski definition) is 3. The van der Waals surface area contributed by atoms with E-state index in [0.717, 1.165) is 22.5 Å². The number of nitrogen functional groups attached to an aromatic ring is 1. The highest BCUT2D eigenvalue weighted by Crippen LogP contribution is 2.34. The van der Waals surface area contributed by atoms with Gasteiger partial charge in [-0.15, -0.1) is 0 Å². The van der Waals surface area contributed by atoms with Gasteiger partial charge in [-0.05, 0) is 35.9 Å². The molecule has 1 amide bonds. The minimum absolute atomic E-state index is 0.121. The van der Waals surface area contributed by atoms with Gasteiger partial charge in [0.05, 0.1) is 5.57 Å². The topological polar surface area (TPSA) is 96.9 Å². The van der Waals surface area contributed by atoms with E-state index >= 15 is 0 Å². The Morgan fingerprint density at radius 1 is 1.26 bits per heavy atom. The number of anilines is 2. The van der Waals surface area contributed by atoms with Crippen molar-refractivity contribution in [3.05, 3.63) is 47.3 Å². The minimum atomic E-state index is -0.121. The number of benzene rings is 1. The Morgan fingerprint density at radius 3 is 2.84 bits per heavy atom. The Bertz CT molecular complexity index is 685. The first-order chi connectivity index (χ1) is 9.17. The standard InChI is InChI=1S/C14H14N4O/c15-6-8-3-10(17-7-8)5-12-11-4-9(16)1-2-13(11)18-14(12)19/h1-5,7,17H,6,15-16H2,(H,18,19). The molecule has 3 rings (SSSR count). The second-order valence-corrected chi connectivity index (χ2v) is 4.48. The third-order valence-corrected chi connectivity index (χ3v) is 3.13. The lowest BCUT2D eigenvalue weighted by atomic mass is 10.1. The molecule has 0 aliphatic carbocycles. The van der Waals surface area contributed by atoms with E-state index in [1.807, 2.05) is 18.3 Å². The number of amides is 1. The molecule has 0 saturated heterocycles. The van der Waals surface area contributed by atoms with Crippen LogP contribution in [0.25, 0.3) is 11.6 Å². The first-order valence-corrected chi connectivity index (χ1v) is 5.97. The normalized spacial score (nSPS) is 15.6. The summed E-state index contributed by atoms with van der Waals surface area (Å²) >= 11 is 0. The van der Waals surface area contributed by atoms with Crippen LogP contribution in [0, 0.1) is 0 Å². The molecule has 19 heavy (non-hydrogen) atoms. The summed E-state index contributed by atoms with van der Waals surface area (Å²) in [5.74, 6) is -0.121. The number of rotatable bonds is 2. The van der Waals surface area contributed by atoms with Gasteiger partial charge < -0.3 is 21.8 Å². The number of fused-ring (bicyclic) bond motifs is 1. The number of nitrogens with one attached hydrogen (secondary N) is 2. The molecule has 0 unspecified atom stereocenters. The molecule has 0 fully saturated rings. The van der Waals surface area contributed by atoms with E-state index in [2.05, 4.69) is 10.3 Å². The molecule has 1 aromatic carbocycles. The van der Waals surface area contributed by atoms with Gasteiger partial charge in [0.15, 0.2) is 0 Å². The number of carbonyl (C=O) groups excluding carboxylic acids is 1. The van der Waals surface area contributed by atoms with Gasteiger partial charge in [0.2, 0.25) is 0 Å². The Kier molecular flexibility index (Phi) is 2.61. The van der Waals surface area contributed by atoms with Crippen LogP contribution < -0.4 is 16.8 Å². The third kappa shape index (κ3) is 2.00. The van der Waals surface area contributed by atoms with Crippen LogP contribution in [0.4, 0.5) is 11.4 Å². The quantitative estimate of drug-likeness (QED) is 0.483. The molecule has 1 aliphatic rings. The van der Waals surface area contributed by atoms with E-state index in [1.54, 1.807) is 18.2 Å². The van der Waals surface area contributed by atoms with E-state index in [4.69, 9.17) is 11.5 Å². The second-order valence-electron chi connectivity index (χ2n) is 4.48. The number of carbonyl (C=O) groups is 1. The maximum absolute atomic E-state index is 12.0. The first kappa shape index (κ1) is 11.6. The Balaban J connectivity index is 2.06. The predicted molar refractivity (Wildman–Crippen MR) is 76.0 cm³/mol. The van der Waals surface area contributed by atoms with E-state index < -0.39 is 0 Å². The molecule has 2 heterocycles. The van der Waals surface area contributed by atoms with E-state index in [1.165, 1.54) is 0 Å². The van der Waals surface area contributed by atoms with Crippen molar-refractivity contribution in [1.82, 2.24) is 4.98 Å². The summed E-state index contributed by atoms with van der Waals surface area (Å²) in [6, 6.07) is 7.29. The van der Waals surface area contributed by atoms with Crippen molar-refractivity contribution in [2.24, 2.45) is 5.73 Å². The van der Waals surface area contributed by atoms with Crippen LogP contribution in [0.2, 0.25) is 0 Å². The maximum atomic E-state index is 12.0. The number of aromatic nitrogens is 1. The summed E-state index contributed by atoms with van der Waals surface area (Å²) in [4.78, 5) is 15.0. The monoisotopic (exact) mass is 254 g/mol. The molecule has 0 saturated carbocycles. The average molecular weight is 254 g/mol. The fourth-order valence-electron chi connectivity index (χ4n) is 2.16. The van der Waals surface area contributed by atoms with Gasteiger partial charge in [-0.25, -0.2) is 0 Å². The Hall–Kier alpha value is -2.53. The molecule has 0 atom stereocenters. The van der Waals surface area contributed by atoms with Gasteiger partial charge >= 0.3 is 0 Å². The molecule has 96 valence electrons. The lowest BCUT2D eigenvalue weighted by Gasteiger charge is -1.99. The predicted octanol–water partition coefficient (Wildman–Crippen LogP) is 1.55. The van der Waals surface area contributed by atoms with Crippen molar-refractivity contribution in [1.29, 1.82) is 0 Å². The van der Waals surface area contributed by atoms with Crippen LogP contribution in [0.1, 0.15) is 16.8 Å². The van der Waals surface area contributed by atoms with Crippen LogP contribution in [0.5, 0.6) is 0 Å². The molecular weight excluding hydrogens is 240 g/mol. The van der Waals surface area contributed by atoms with Crippen LogP contribution in [-0.4, -0.2) is 10.9 Å². The van der Waals surface area contributed by atoms with Crippen LogP contribution in [-0.2, 0) is 11.3 Å². The van der Waals surface area contributed by atoms with E-state index in [0.29, 0.717) is 17.8 Å². The zero-order valence-electron chi connectivity index (χ0n) is 10.2. The summed E-state index contributed by atoms with van der Waals surface area (Å²) in [5.41, 5.74) is 16.0. The second kappa shape index (κ2) is 4.29. The number of hydrogen-bond donors (Lipinski definition) is 4. The fraction of sp³-hybridized carbons (Fsp3) is 0.0714. The highest BCUT2D eigenvalue weighted by molar-refractivity contribution is 6.35. The minimum Gasteiger partial charge on any atom is -0.399 e. The zero-order valence-corrected chi connectivity index (χ0v) is 10.2. The zero-order chi connectivity index (χ0) is 13.4. The summed E-state index contributed by atoms with van der Waals surface area (Å²) in [6.45, 7) is 0.468. The van der Waals surface area contributed by atoms with E-state index in [-0.39, 0.29) is 5.91 Å². The van der Waals surface area contributed by atoms with Crippen LogP contribution in [0.15, 0.2) is 30.5 Å². The van der Waals surface area contributed by atoms with Crippen molar-refractivity contribution in [3.63, 3.8) is 0 Å². The molecule has 6 N–H and O–H groups in total. The molecule has 1 aliphatic heterocycles. The molecule has 5 nitrogen and oxygen atoms in total. The average Bonchev–Trinajstić information content (AvgIpc) is 2.96. The number of H-pyrrole nitrogens is 1. The van der Waals surface area contributed by atoms with Gasteiger partial charge in [0.1, 0.15) is 0 Å². The molecule has 0 radical (unpaired) electrons. The SMILES string of the molecule is NCc1c[nH]c(C=C2C(=O)Nc3ccc(N)cc32)c1. The third-order valence-electron chi connectivity index (χ3n) is 3.13. The lowest BCUT2D eigenvalue weighted by Crippen LogP contribution is -2.03. The van der Waals surface area contributed by atoms with Gasteiger partial charge in [-0.1, -0.05) is 0 Å². The number of nitrogens with two attached hydrogens (primary N) is 2. The van der Waals surface area contributed by atoms with Crippen molar-refractivity contribution in [2.75, 3.05) is 11.1 Å².